The van der Waals surface area contributed by atoms with Crippen LogP contribution in [0, 0.1) is 28.1 Å². The molecule has 1 unspecified atom stereocenters. The molecule has 0 aromatic heterocycles. The number of nitriles is 1. The summed E-state index contributed by atoms with van der Waals surface area (Å²) in [5.41, 5.74) is -0.991. The summed E-state index contributed by atoms with van der Waals surface area (Å²) in [5, 5.41) is 20.7. The van der Waals surface area contributed by atoms with Crippen LogP contribution in [0.2, 0.25) is 0 Å². The van der Waals surface area contributed by atoms with Crippen LogP contribution < -0.4 is 0 Å². The topological polar surface area (TPSA) is 44.0 Å². The predicted molar refractivity (Wildman–Crippen MR) is 79.6 cm³/mol. The summed E-state index contributed by atoms with van der Waals surface area (Å²) >= 11 is 0. The first-order chi connectivity index (χ1) is 8.74. The average Bonchev–Trinajstić information content (AvgIpc) is 2.37. The van der Waals surface area contributed by atoms with E-state index in [2.05, 4.69) is 33.8 Å². The first-order valence-corrected chi connectivity index (χ1v) is 7.88. The van der Waals surface area contributed by atoms with Gasteiger partial charge in [0.05, 0.1) is 17.1 Å². The predicted octanol–water partition coefficient (Wildman–Crippen LogP) is 4.67. The molecule has 0 heterocycles. The third kappa shape index (κ3) is 3.14. The molecule has 2 heteroatoms. The molecular weight excluding hydrogens is 234 g/mol. The third-order valence-corrected chi connectivity index (χ3v) is 5.42. The molecule has 0 bridgehead atoms. The Bertz CT molecular complexity index is 328. The fourth-order valence-corrected chi connectivity index (χ4v) is 3.83. The smallest absolute Gasteiger partial charge is 0.0860 e. The van der Waals surface area contributed by atoms with E-state index in [1.165, 1.54) is 0 Å². The van der Waals surface area contributed by atoms with Gasteiger partial charge < -0.3 is 5.11 Å². The zero-order valence-electron chi connectivity index (χ0n) is 13.4. The molecule has 0 aromatic rings. The van der Waals surface area contributed by atoms with Gasteiger partial charge in [-0.3, -0.25) is 0 Å². The summed E-state index contributed by atoms with van der Waals surface area (Å²) in [6.07, 6.45) is 6.24. The van der Waals surface area contributed by atoms with Crippen molar-refractivity contribution in [3.05, 3.63) is 0 Å². The summed E-state index contributed by atoms with van der Waals surface area (Å²) < 4.78 is 0. The standard InChI is InChI=1S/C17H31NO/c1-6-10-17(19,7-2)16(13-18)11-8-14(9-12-16)15(3,4)5/h14,19H,6-12H2,1-5H3. The minimum Gasteiger partial charge on any atom is -0.388 e. The van der Waals surface area contributed by atoms with Crippen molar-refractivity contribution in [2.45, 2.75) is 85.2 Å². The van der Waals surface area contributed by atoms with Crippen molar-refractivity contribution in [2.75, 3.05) is 0 Å². The molecule has 0 saturated heterocycles. The van der Waals surface area contributed by atoms with Crippen LogP contribution in [0.25, 0.3) is 0 Å². The molecule has 0 spiro atoms. The lowest BCUT2D eigenvalue weighted by atomic mass is 9.57. The van der Waals surface area contributed by atoms with Gasteiger partial charge in [0, 0.05) is 0 Å². The van der Waals surface area contributed by atoms with Gasteiger partial charge in [0.15, 0.2) is 0 Å². The highest BCUT2D eigenvalue weighted by molar-refractivity contribution is 5.13. The molecule has 0 radical (unpaired) electrons. The van der Waals surface area contributed by atoms with E-state index in [0.29, 0.717) is 17.8 Å². The van der Waals surface area contributed by atoms with Gasteiger partial charge in [-0.15, -0.1) is 0 Å². The van der Waals surface area contributed by atoms with Crippen LogP contribution in [0.4, 0.5) is 0 Å². The van der Waals surface area contributed by atoms with E-state index < -0.39 is 11.0 Å². The van der Waals surface area contributed by atoms with Crippen LogP contribution in [-0.4, -0.2) is 10.7 Å². The Hall–Kier alpha value is -0.550. The Kier molecular flexibility index (Phi) is 5.07. The molecule has 1 atom stereocenters. The van der Waals surface area contributed by atoms with Crippen LogP contribution in [0.5, 0.6) is 0 Å². The molecule has 0 amide bonds. The van der Waals surface area contributed by atoms with E-state index >= 15 is 0 Å². The van der Waals surface area contributed by atoms with Gasteiger partial charge in [-0.25, -0.2) is 0 Å². The molecule has 1 N–H and O–H groups in total. The van der Waals surface area contributed by atoms with Crippen molar-refractivity contribution >= 4 is 0 Å². The SMILES string of the molecule is CCCC(O)(CC)C1(C#N)CCC(C(C)(C)C)CC1. The lowest BCUT2D eigenvalue weighted by Gasteiger charge is -2.48. The molecule has 2 nitrogen and oxygen atoms in total. The number of aliphatic hydroxyl groups is 1. The van der Waals surface area contributed by atoms with E-state index in [9.17, 15) is 10.4 Å². The molecule has 1 aliphatic rings. The molecule has 1 saturated carbocycles. The monoisotopic (exact) mass is 265 g/mol. The number of hydrogen-bond donors (Lipinski definition) is 1. The molecule has 0 aliphatic heterocycles. The lowest BCUT2D eigenvalue weighted by Crippen LogP contribution is -2.50. The third-order valence-electron chi connectivity index (χ3n) is 5.42. The zero-order chi connectivity index (χ0) is 14.7. The Morgan fingerprint density at radius 2 is 1.74 bits per heavy atom. The minimum atomic E-state index is -0.792. The van der Waals surface area contributed by atoms with Crippen LogP contribution in [0.3, 0.4) is 0 Å². The molecule has 0 aromatic carbocycles. The van der Waals surface area contributed by atoms with Crippen molar-refractivity contribution in [1.29, 1.82) is 5.26 Å². The molecule has 1 rings (SSSR count). The Morgan fingerprint density at radius 3 is 2.05 bits per heavy atom. The van der Waals surface area contributed by atoms with E-state index in [0.717, 1.165) is 38.5 Å². The summed E-state index contributed by atoms with van der Waals surface area (Å²) in [4.78, 5) is 0. The highest BCUT2D eigenvalue weighted by Gasteiger charge is 2.51. The molecule has 110 valence electrons. The largest absolute Gasteiger partial charge is 0.388 e. The van der Waals surface area contributed by atoms with E-state index in [4.69, 9.17) is 0 Å². The van der Waals surface area contributed by atoms with Gasteiger partial charge in [-0.2, -0.15) is 5.26 Å². The van der Waals surface area contributed by atoms with Gasteiger partial charge in [-0.05, 0) is 49.9 Å². The maximum atomic E-state index is 11.0. The van der Waals surface area contributed by atoms with Gasteiger partial charge in [-0.1, -0.05) is 41.0 Å². The van der Waals surface area contributed by atoms with E-state index in [1.807, 2.05) is 6.92 Å². The highest BCUT2D eigenvalue weighted by Crippen LogP contribution is 2.52. The molecule has 1 aliphatic carbocycles. The van der Waals surface area contributed by atoms with Crippen molar-refractivity contribution < 1.29 is 5.11 Å². The average molecular weight is 265 g/mol. The van der Waals surface area contributed by atoms with Crippen LogP contribution in [-0.2, 0) is 0 Å². The van der Waals surface area contributed by atoms with E-state index in [1.54, 1.807) is 0 Å². The second kappa shape index (κ2) is 5.83. The second-order valence-electron chi connectivity index (χ2n) is 7.47. The first kappa shape index (κ1) is 16.5. The summed E-state index contributed by atoms with van der Waals surface area (Å²) in [7, 11) is 0. The van der Waals surface area contributed by atoms with Crippen molar-refractivity contribution in [2.24, 2.45) is 16.7 Å². The summed E-state index contributed by atoms with van der Waals surface area (Å²) in [6.45, 7) is 11.0. The fourth-order valence-electron chi connectivity index (χ4n) is 3.83. The number of hydrogen-bond acceptors (Lipinski definition) is 2. The van der Waals surface area contributed by atoms with Gasteiger partial charge in [0.2, 0.25) is 0 Å². The molecular formula is C17H31NO. The number of nitrogens with zero attached hydrogens (tertiary/aromatic N) is 1. The lowest BCUT2D eigenvalue weighted by molar-refractivity contribution is -0.0927. The maximum Gasteiger partial charge on any atom is 0.0860 e. The molecule has 1 fully saturated rings. The Balaban J connectivity index is 2.89. The maximum absolute atomic E-state index is 11.0. The fraction of sp³-hybridized carbons (Fsp3) is 0.941. The van der Waals surface area contributed by atoms with Crippen molar-refractivity contribution in [3.63, 3.8) is 0 Å². The summed E-state index contributed by atoms with van der Waals surface area (Å²) in [5.74, 6) is 0.678. The minimum absolute atomic E-state index is 0.316. The van der Waals surface area contributed by atoms with Crippen LogP contribution in [0.1, 0.15) is 79.6 Å². The van der Waals surface area contributed by atoms with Gasteiger partial charge >= 0.3 is 0 Å². The normalized spacial score (nSPS) is 31.5. The summed E-state index contributed by atoms with van der Waals surface area (Å²) in [6, 6.07) is 2.52. The first-order valence-electron chi connectivity index (χ1n) is 7.88. The highest BCUT2D eigenvalue weighted by atomic mass is 16.3. The van der Waals surface area contributed by atoms with E-state index in [-0.39, 0.29) is 0 Å². The van der Waals surface area contributed by atoms with Crippen LogP contribution >= 0.6 is 0 Å². The van der Waals surface area contributed by atoms with Crippen molar-refractivity contribution in [1.82, 2.24) is 0 Å². The Morgan fingerprint density at radius 1 is 1.21 bits per heavy atom. The van der Waals surface area contributed by atoms with Gasteiger partial charge in [0.1, 0.15) is 0 Å². The zero-order valence-corrected chi connectivity index (χ0v) is 13.4. The number of rotatable bonds is 4. The molecule has 19 heavy (non-hydrogen) atoms. The second-order valence-corrected chi connectivity index (χ2v) is 7.47. The van der Waals surface area contributed by atoms with Crippen LogP contribution in [0.15, 0.2) is 0 Å². The van der Waals surface area contributed by atoms with Crippen molar-refractivity contribution in [3.8, 4) is 6.07 Å². The Labute approximate surface area is 119 Å². The van der Waals surface area contributed by atoms with Gasteiger partial charge in [0.25, 0.3) is 0 Å². The quantitative estimate of drug-likeness (QED) is 0.802.